The SMILES string of the molecule is CCCCCC(CCCC)(C(=O)OCC)C(=O)OCC.CCCCCCC(CC)OC(=O)C(CC)(CC)C(=O)O. The van der Waals surface area contributed by atoms with E-state index in [1.807, 2.05) is 13.8 Å². The Hall–Kier alpha value is -2.12. The molecule has 0 bridgehead atoms. The Morgan fingerprint density at radius 1 is 0.600 bits per heavy atom. The summed E-state index contributed by atoms with van der Waals surface area (Å²) in [5, 5.41) is 9.32. The number of aliphatic carboxylic acids is 1. The number of rotatable bonds is 22. The zero-order valence-corrected chi connectivity index (χ0v) is 26.9. The maximum Gasteiger partial charge on any atom is 0.323 e. The fourth-order valence-corrected chi connectivity index (χ4v) is 4.65. The van der Waals surface area contributed by atoms with Crippen LogP contribution in [0, 0.1) is 10.8 Å². The van der Waals surface area contributed by atoms with Crippen molar-refractivity contribution in [1.82, 2.24) is 0 Å². The molecule has 1 N–H and O–H groups in total. The van der Waals surface area contributed by atoms with Gasteiger partial charge in [-0.05, 0) is 58.8 Å². The van der Waals surface area contributed by atoms with Crippen LogP contribution in [0.5, 0.6) is 0 Å². The summed E-state index contributed by atoms with van der Waals surface area (Å²) in [7, 11) is 0. The zero-order chi connectivity index (χ0) is 31.0. The Morgan fingerprint density at radius 2 is 1.07 bits per heavy atom. The van der Waals surface area contributed by atoms with E-state index in [0.717, 1.165) is 57.8 Å². The Morgan fingerprint density at radius 3 is 1.48 bits per heavy atom. The minimum atomic E-state index is -1.38. The number of carboxylic acid groups (broad SMARTS) is 1. The maximum absolute atomic E-state index is 12.4. The third kappa shape index (κ3) is 13.5. The Balaban J connectivity index is 0. The van der Waals surface area contributed by atoms with E-state index in [1.165, 1.54) is 12.8 Å². The number of hydrogen-bond donors (Lipinski definition) is 1. The van der Waals surface area contributed by atoms with Crippen molar-refractivity contribution >= 4 is 23.9 Å². The van der Waals surface area contributed by atoms with Crippen LogP contribution in [0.15, 0.2) is 0 Å². The molecule has 0 spiro atoms. The Labute approximate surface area is 244 Å². The van der Waals surface area contributed by atoms with Crippen LogP contribution in [0.2, 0.25) is 0 Å². The number of hydrogen-bond acceptors (Lipinski definition) is 7. The molecule has 8 heteroatoms. The highest BCUT2D eigenvalue weighted by atomic mass is 16.6. The lowest BCUT2D eigenvalue weighted by Crippen LogP contribution is -2.42. The Bertz CT molecular complexity index is 681. The highest BCUT2D eigenvalue weighted by Crippen LogP contribution is 2.35. The second-order valence-electron chi connectivity index (χ2n) is 10.5. The van der Waals surface area contributed by atoms with Gasteiger partial charge in [0, 0.05) is 0 Å². The van der Waals surface area contributed by atoms with Crippen LogP contribution < -0.4 is 0 Å². The van der Waals surface area contributed by atoms with Gasteiger partial charge < -0.3 is 19.3 Å². The molecule has 1 unspecified atom stereocenters. The Kier molecular flexibility index (Phi) is 23.6. The van der Waals surface area contributed by atoms with Crippen LogP contribution in [0.4, 0.5) is 0 Å². The monoisotopic (exact) mass is 572 g/mol. The number of carboxylic acids is 1. The van der Waals surface area contributed by atoms with E-state index in [4.69, 9.17) is 14.2 Å². The molecule has 0 rings (SSSR count). The molecular weight excluding hydrogens is 512 g/mol. The molecule has 0 saturated heterocycles. The third-order valence-corrected chi connectivity index (χ3v) is 7.61. The topological polar surface area (TPSA) is 116 Å². The van der Waals surface area contributed by atoms with Crippen molar-refractivity contribution in [2.75, 3.05) is 13.2 Å². The summed E-state index contributed by atoms with van der Waals surface area (Å²) in [4.78, 5) is 48.3. The summed E-state index contributed by atoms with van der Waals surface area (Å²) in [6, 6.07) is 0. The standard InChI is InChI=1S/2C16H30O4/c1-5-9-10-11-12-13(6-2)20-15(19)16(7-3,8-4)14(17)18;1-5-9-11-13-16(12-10-6-2,14(17)19-7-3)15(18)20-8-4/h13H,5-12H2,1-4H3,(H,17,18);5-13H2,1-4H3. The normalized spacial score (nSPS) is 12.1. The van der Waals surface area contributed by atoms with Gasteiger partial charge in [-0.1, -0.05) is 92.9 Å². The number of carbonyl (C=O) groups is 4. The average molecular weight is 573 g/mol. The molecule has 8 nitrogen and oxygen atoms in total. The summed E-state index contributed by atoms with van der Waals surface area (Å²) < 4.78 is 15.8. The van der Waals surface area contributed by atoms with Crippen LogP contribution in [0.1, 0.15) is 152 Å². The van der Waals surface area contributed by atoms with Crippen molar-refractivity contribution in [1.29, 1.82) is 0 Å². The molecule has 0 heterocycles. The van der Waals surface area contributed by atoms with E-state index >= 15 is 0 Å². The fraction of sp³-hybridized carbons (Fsp3) is 0.875. The fourth-order valence-electron chi connectivity index (χ4n) is 4.65. The van der Waals surface area contributed by atoms with Gasteiger partial charge in [0.2, 0.25) is 0 Å². The minimum Gasteiger partial charge on any atom is -0.480 e. The van der Waals surface area contributed by atoms with Gasteiger partial charge in [-0.25, -0.2) is 0 Å². The van der Waals surface area contributed by atoms with Crippen LogP contribution in [-0.4, -0.2) is 48.3 Å². The molecular formula is C32H60O8. The first kappa shape index (κ1) is 40.0. The van der Waals surface area contributed by atoms with Gasteiger partial charge in [-0.15, -0.1) is 0 Å². The predicted octanol–water partition coefficient (Wildman–Crippen LogP) is 8.04. The van der Waals surface area contributed by atoms with Gasteiger partial charge in [-0.2, -0.15) is 0 Å². The molecule has 1 atom stereocenters. The first-order valence-electron chi connectivity index (χ1n) is 15.9. The van der Waals surface area contributed by atoms with Crippen molar-refractivity contribution in [2.24, 2.45) is 10.8 Å². The predicted molar refractivity (Wildman–Crippen MR) is 159 cm³/mol. The molecule has 0 amide bonds. The van der Waals surface area contributed by atoms with Crippen LogP contribution >= 0.6 is 0 Å². The second kappa shape index (κ2) is 23.6. The van der Waals surface area contributed by atoms with Crippen molar-refractivity contribution < 1.29 is 38.5 Å². The average Bonchev–Trinajstić information content (AvgIpc) is 2.93. The lowest BCUT2D eigenvalue weighted by Gasteiger charge is -2.29. The van der Waals surface area contributed by atoms with Crippen LogP contribution in [0.3, 0.4) is 0 Å². The van der Waals surface area contributed by atoms with Crippen LogP contribution in [-0.2, 0) is 33.4 Å². The lowest BCUT2D eigenvalue weighted by atomic mass is 9.78. The molecule has 0 aromatic carbocycles. The summed E-state index contributed by atoms with van der Waals surface area (Å²) in [6.45, 7) is 15.8. The summed E-state index contributed by atoms with van der Waals surface area (Å²) in [5.41, 5.74) is -2.48. The minimum absolute atomic E-state index is 0.156. The third-order valence-electron chi connectivity index (χ3n) is 7.61. The first-order chi connectivity index (χ1) is 19.1. The lowest BCUT2D eigenvalue weighted by molar-refractivity contribution is -0.175. The number of ether oxygens (including phenoxy) is 3. The van der Waals surface area contributed by atoms with Crippen molar-refractivity contribution in [3.05, 3.63) is 0 Å². The molecule has 0 aromatic heterocycles. The quantitative estimate of drug-likeness (QED) is 0.0599. The van der Waals surface area contributed by atoms with Crippen molar-refractivity contribution in [3.63, 3.8) is 0 Å². The van der Waals surface area contributed by atoms with E-state index < -0.39 is 34.7 Å². The van der Waals surface area contributed by atoms with Crippen LogP contribution in [0.25, 0.3) is 0 Å². The van der Waals surface area contributed by atoms with Gasteiger partial charge in [0.15, 0.2) is 10.8 Å². The van der Waals surface area contributed by atoms with E-state index in [-0.39, 0.29) is 18.9 Å². The van der Waals surface area contributed by atoms with E-state index in [2.05, 4.69) is 13.8 Å². The number of carbonyl (C=O) groups excluding carboxylic acids is 3. The van der Waals surface area contributed by atoms with E-state index in [0.29, 0.717) is 26.1 Å². The largest absolute Gasteiger partial charge is 0.480 e. The molecule has 40 heavy (non-hydrogen) atoms. The van der Waals surface area contributed by atoms with Crippen molar-refractivity contribution in [3.8, 4) is 0 Å². The van der Waals surface area contributed by atoms with Crippen molar-refractivity contribution in [2.45, 2.75) is 158 Å². The maximum atomic E-state index is 12.4. The van der Waals surface area contributed by atoms with E-state index in [1.54, 1.807) is 27.7 Å². The molecule has 0 saturated carbocycles. The number of esters is 3. The van der Waals surface area contributed by atoms with Gasteiger partial charge in [0.25, 0.3) is 0 Å². The molecule has 0 aliphatic rings. The molecule has 0 fully saturated rings. The molecule has 0 aliphatic heterocycles. The smallest absolute Gasteiger partial charge is 0.323 e. The zero-order valence-electron chi connectivity index (χ0n) is 26.9. The summed E-state index contributed by atoms with van der Waals surface area (Å²) in [5.74, 6) is -2.48. The molecule has 0 radical (unpaired) electrons. The highest BCUT2D eigenvalue weighted by molar-refractivity contribution is 6.00. The molecule has 236 valence electrons. The van der Waals surface area contributed by atoms with Gasteiger partial charge >= 0.3 is 23.9 Å². The van der Waals surface area contributed by atoms with E-state index in [9.17, 15) is 24.3 Å². The summed E-state index contributed by atoms with van der Waals surface area (Å²) >= 11 is 0. The van der Waals surface area contributed by atoms with Gasteiger partial charge in [0.1, 0.15) is 6.10 Å². The van der Waals surface area contributed by atoms with Gasteiger partial charge in [-0.3, -0.25) is 19.2 Å². The summed E-state index contributed by atoms with van der Waals surface area (Å²) in [6.07, 6.45) is 12.2. The first-order valence-corrected chi connectivity index (χ1v) is 15.9. The van der Waals surface area contributed by atoms with Gasteiger partial charge in [0.05, 0.1) is 13.2 Å². The molecule has 0 aromatic rings. The highest BCUT2D eigenvalue weighted by Gasteiger charge is 2.47. The molecule has 0 aliphatic carbocycles. The number of unbranched alkanes of at least 4 members (excludes halogenated alkanes) is 6. The second-order valence-corrected chi connectivity index (χ2v) is 10.5.